The number of halogens is 1. The summed E-state index contributed by atoms with van der Waals surface area (Å²) in [6.07, 6.45) is 0. The molecule has 2 rings (SSSR count). The van der Waals surface area contributed by atoms with E-state index in [4.69, 9.17) is 11.6 Å². The van der Waals surface area contributed by atoms with Gasteiger partial charge in [0, 0.05) is 17.4 Å². The lowest BCUT2D eigenvalue weighted by Gasteiger charge is -2.07. The molecule has 0 spiro atoms. The number of aromatic nitrogens is 2. The Morgan fingerprint density at radius 3 is 2.56 bits per heavy atom. The summed E-state index contributed by atoms with van der Waals surface area (Å²) in [5, 5.41) is 11.8. The van der Waals surface area contributed by atoms with Crippen molar-refractivity contribution < 1.29 is 4.92 Å². The third kappa shape index (κ3) is 2.13. The zero-order valence-corrected chi connectivity index (χ0v) is 11.0. The number of nitro benzene ring substituents is 1. The number of non-ortho nitro benzene ring substituents is 1. The Labute approximate surface area is 109 Å². The van der Waals surface area contributed by atoms with Crippen LogP contribution in [0.5, 0.6) is 0 Å². The molecule has 0 radical (unpaired) electrons. The minimum Gasteiger partial charge on any atom is -0.258 e. The van der Waals surface area contributed by atoms with Gasteiger partial charge in [-0.25, -0.2) is 9.97 Å². The van der Waals surface area contributed by atoms with Gasteiger partial charge < -0.3 is 0 Å². The van der Waals surface area contributed by atoms with Gasteiger partial charge in [-0.3, -0.25) is 10.1 Å². The van der Waals surface area contributed by atoms with Gasteiger partial charge in [0.15, 0.2) is 5.52 Å². The van der Waals surface area contributed by atoms with Crippen LogP contribution in [0.15, 0.2) is 12.1 Å². The number of hydrogen-bond donors (Lipinski definition) is 0. The molecule has 94 valence electrons. The quantitative estimate of drug-likeness (QED) is 0.472. The summed E-state index contributed by atoms with van der Waals surface area (Å²) in [6, 6.07) is 3.25. The fraction of sp³-hybridized carbons (Fsp3) is 0.333. The van der Waals surface area contributed by atoms with Crippen LogP contribution in [0.25, 0.3) is 10.9 Å². The van der Waals surface area contributed by atoms with E-state index in [2.05, 4.69) is 9.97 Å². The van der Waals surface area contributed by atoms with Gasteiger partial charge in [-0.1, -0.05) is 25.4 Å². The molecule has 6 heteroatoms. The lowest BCUT2D eigenvalue weighted by Crippen LogP contribution is -2.01. The molecule has 0 bridgehead atoms. The molecule has 0 fully saturated rings. The molecular weight excluding hydrogens is 254 g/mol. The minimum atomic E-state index is -0.442. The van der Waals surface area contributed by atoms with Crippen LogP contribution in [-0.4, -0.2) is 14.9 Å². The molecule has 0 saturated heterocycles. The Balaban J connectivity index is 2.88. The lowest BCUT2D eigenvalue weighted by atomic mass is 10.1. The largest absolute Gasteiger partial charge is 0.295 e. The highest BCUT2D eigenvalue weighted by Crippen LogP contribution is 2.30. The molecule has 0 unspecified atom stereocenters. The van der Waals surface area contributed by atoms with E-state index in [1.54, 1.807) is 13.0 Å². The van der Waals surface area contributed by atoms with Crippen LogP contribution < -0.4 is 0 Å². The Morgan fingerprint density at radius 1 is 1.33 bits per heavy atom. The third-order valence-corrected chi connectivity index (χ3v) is 2.90. The highest BCUT2D eigenvalue weighted by Gasteiger charge is 2.18. The minimum absolute atomic E-state index is 0.0313. The molecule has 0 saturated carbocycles. The van der Waals surface area contributed by atoms with Crippen LogP contribution >= 0.6 is 11.6 Å². The van der Waals surface area contributed by atoms with E-state index in [0.717, 1.165) is 5.56 Å². The molecule has 2 aromatic rings. The van der Waals surface area contributed by atoms with Crippen molar-refractivity contribution in [3.05, 3.63) is 38.8 Å². The average Bonchev–Trinajstić information content (AvgIpc) is 2.28. The number of benzene rings is 1. The Morgan fingerprint density at radius 2 is 2.00 bits per heavy atom. The van der Waals surface area contributed by atoms with E-state index in [-0.39, 0.29) is 16.8 Å². The maximum absolute atomic E-state index is 11.1. The molecule has 1 aromatic carbocycles. The fourth-order valence-corrected chi connectivity index (χ4v) is 1.96. The van der Waals surface area contributed by atoms with Crippen molar-refractivity contribution in [3.8, 4) is 0 Å². The summed E-state index contributed by atoms with van der Waals surface area (Å²) < 4.78 is 0. The van der Waals surface area contributed by atoms with Crippen molar-refractivity contribution >= 4 is 28.2 Å². The van der Waals surface area contributed by atoms with Crippen LogP contribution in [0.1, 0.15) is 31.2 Å². The normalized spacial score (nSPS) is 11.2. The first-order valence-electron chi connectivity index (χ1n) is 5.52. The molecule has 0 N–H and O–H groups in total. The summed E-state index contributed by atoms with van der Waals surface area (Å²) in [5.74, 6) is 0.576. The van der Waals surface area contributed by atoms with Gasteiger partial charge in [0.2, 0.25) is 0 Å². The van der Waals surface area contributed by atoms with Crippen molar-refractivity contribution in [3.63, 3.8) is 0 Å². The van der Waals surface area contributed by atoms with Crippen molar-refractivity contribution in [2.45, 2.75) is 26.7 Å². The second-order valence-corrected chi connectivity index (χ2v) is 4.82. The first kappa shape index (κ1) is 12.7. The predicted molar refractivity (Wildman–Crippen MR) is 70.0 cm³/mol. The average molecular weight is 266 g/mol. The maximum Gasteiger partial charge on any atom is 0.295 e. The molecule has 1 aromatic heterocycles. The van der Waals surface area contributed by atoms with E-state index >= 15 is 0 Å². The molecule has 0 atom stereocenters. The van der Waals surface area contributed by atoms with Gasteiger partial charge in [0.25, 0.3) is 5.69 Å². The number of nitrogens with zero attached hydrogens (tertiary/aromatic N) is 3. The van der Waals surface area contributed by atoms with Gasteiger partial charge >= 0.3 is 0 Å². The Kier molecular flexibility index (Phi) is 3.17. The molecule has 5 nitrogen and oxygen atoms in total. The topological polar surface area (TPSA) is 68.9 Å². The Bertz CT molecular complexity index is 641. The maximum atomic E-state index is 11.1. The van der Waals surface area contributed by atoms with Gasteiger partial charge in [0.1, 0.15) is 11.0 Å². The monoisotopic (exact) mass is 265 g/mol. The smallest absolute Gasteiger partial charge is 0.258 e. The van der Waals surface area contributed by atoms with Crippen LogP contribution in [0.3, 0.4) is 0 Å². The molecule has 0 aliphatic heterocycles. The summed E-state index contributed by atoms with van der Waals surface area (Å²) in [4.78, 5) is 19.1. The van der Waals surface area contributed by atoms with E-state index in [9.17, 15) is 10.1 Å². The van der Waals surface area contributed by atoms with Gasteiger partial charge in [-0.05, 0) is 18.6 Å². The summed E-state index contributed by atoms with van der Waals surface area (Å²) in [7, 11) is 0. The van der Waals surface area contributed by atoms with Crippen molar-refractivity contribution in [2.75, 3.05) is 0 Å². The third-order valence-electron chi connectivity index (χ3n) is 2.61. The lowest BCUT2D eigenvalue weighted by molar-refractivity contribution is -0.383. The van der Waals surface area contributed by atoms with Crippen LogP contribution in [-0.2, 0) is 0 Å². The molecule has 0 amide bonds. The number of rotatable bonds is 2. The zero-order chi connectivity index (χ0) is 13.4. The second kappa shape index (κ2) is 4.49. The van der Waals surface area contributed by atoms with E-state index in [1.807, 2.05) is 13.8 Å². The number of fused-ring (bicyclic) bond motifs is 1. The number of aryl methyl sites for hydroxylation is 1. The molecule has 18 heavy (non-hydrogen) atoms. The summed E-state index contributed by atoms with van der Waals surface area (Å²) in [5.41, 5.74) is 1.03. The van der Waals surface area contributed by atoms with Crippen molar-refractivity contribution in [1.82, 2.24) is 9.97 Å². The standard InChI is InChI=1S/C12H12ClN3O2/c1-6(2)12-14-10-8(11(13)15-12)4-7(3)5-9(10)16(17)18/h4-6H,1-3H3. The van der Waals surface area contributed by atoms with Crippen molar-refractivity contribution in [2.24, 2.45) is 0 Å². The number of nitro groups is 1. The SMILES string of the molecule is Cc1cc([N+](=O)[O-])c2nc(C(C)C)nc(Cl)c2c1. The first-order valence-corrected chi connectivity index (χ1v) is 5.90. The molecular formula is C12H12ClN3O2. The molecule has 1 heterocycles. The van der Waals surface area contributed by atoms with E-state index in [1.165, 1.54) is 6.07 Å². The van der Waals surface area contributed by atoms with Crippen molar-refractivity contribution in [1.29, 1.82) is 0 Å². The highest BCUT2D eigenvalue weighted by molar-refractivity contribution is 6.34. The summed E-state index contributed by atoms with van der Waals surface area (Å²) >= 11 is 6.08. The Hall–Kier alpha value is -1.75. The van der Waals surface area contributed by atoms with Crippen LogP contribution in [0.2, 0.25) is 5.15 Å². The highest BCUT2D eigenvalue weighted by atomic mass is 35.5. The van der Waals surface area contributed by atoms with E-state index in [0.29, 0.717) is 16.7 Å². The first-order chi connectivity index (χ1) is 8.40. The fourth-order valence-electron chi connectivity index (χ4n) is 1.73. The van der Waals surface area contributed by atoms with Gasteiger partial charge in [-0.15, -0.1) is 0 Å². The van der Waals surface area contributed by atoms with Gasteiger partial charge in [-0.2, -0.15) is 0 Å². The zero-order valence-electron chi connectivity index (χ0n) is 10.3. The second-order valence-electron chi connectivity index (χ2n) is 4.46. The molecule has 0 aliphatic rings. The predicted octanol–water partition coefficient (Wildman–Crippen LogP) is 3.62. The van der Waals surface area contributed by atoms with E-state index < -0.39 is 4.92 Å². The van der Waals surface area contributed by atoms with Crippen LogP contribution in [0.4, 0.5) is 5.69 Å². The molecule has 0 aliphatic carbocycles. The van der Waals surface area contributed by atoms with Crippen LogP contribution in [0, 0.1) is 17.0 Å². The number of hydrogen-bond acceptors (Lipinski definition) is 4. The summed E-state index contributed by atoms with van der Waals surface area (Å²) in [6.45, 7) is 5.61. The van der Waals surface area contributed by atoms with Gasteiger partial charge in [0.05, 0.1) is 4.92 Å².